The minimum absolute atomic E-state index is 0.495. The molecule has 6 heteroatoms. The van der Waals surface area contributed by atoms with Crippen molar-refractivity contribution in [1.82, 2.24) is 0 Å². The Morgan fingerprint density at radius 1 is 1.37 bits per heavy atom. The minimum atomic E-state index is -3.64. The molecule has 0 atom stereocenters. The van der Waals surface area contributed by atoms with Gasteiger partial charge < -0.3 is 4.74 Å². The number of nitrogens with one attached hydrogen (secondary N) is 1. The number of anilines is 1. The van der Waals surface area contributed by atoms with E-state index in [1.54, 1.807) is 12.1 Å². The Hall–Kier alpha value is -1.74. The monoisotopic (exact) mass is 280 g/mol. The van der Waals surface area contributed by atoms with Crippen molar-refractivity contribution in [2.24, 2.45) is 0 Å². The fourth-order valence-corrected chi connectivity index (χ4v) is 3.14. The summed E-state index contributed by atoms with van der Waals surface area (Å²) in [6.07, 6.45) is 3.93. The third-order valence-electron chi connectivity index (χ3n) is 3.23. The number of aryl methyl sites for hydroxylation is 1. The van der Waals surface area contributed by atoms with Crippen molar-refractivity contribution in [3.05, 3.63) is 23.3 Å². The van der Waals surface area contributed by atoms with Gasteiger partial charge in [0.1, 0.15) is 5.75 Å². The summed E-state index contributed by atoms with van der Waals surface area (Å²) in [5, 5.41) is 8.54. The van der Waals surface area contributed by atoms with Gasteiger partial charge in [0, 0.05) is 0 Å². The lowest BCUT2D eigenvalue weighted by Gasteiger charge is -2.22. The SMILES string of the molecule is COc1ccc2c(c1NS(=O)(=O)CC#N)CCCC2. The number of nitrogens with zero attached hydrogens (tertiary/aromatic N) is 1. The lowest BCUT2D eigenvalue weighted by Crippen LogP contribution is -2.19. The topological polar surface area (TPSA) is 79.2 Å². The molecule has 1 aromatic carbocycles. The van der Waals surface area contributed by atoms with Gasteiger partial charge in [-0.1, -0.05) is 6.07 Å². The van der Waals surface area contributed by atoms with Crippen molar-refractivity contribution in [2.45, 2.75) is 25.7 Å². The van der Waals surface area contributed by atoms with E-state index < -0.39 is 15.8 Å². The van der Waals surface area contributed by atoms with Crippen LogP contribution in [0.2, 0.25) is 0 Å². The number of sulfonamides is 1. The molecule has 0 saturated heterocycles. The van der Waals surface area contributed by atoms with Crippen LogP contribution < -0.4 is 9.46 Å². The van der Waals surface area contributed by atoms with E-state index in [1.165, 1.54) is 7.11 Å². The highest BCUT2D eigenvalue weighted by Crippen LogP contribution is 2.36. The van der Waals surface area contributed by atoms with Gasteiger partial charge in [-0.05, 0) is 42.9 Å². The first-order valence-corrected chi connectivity index (χ1v) is 7.79. The number of rotatable bonds is 4. The van der Waals surface area contributed by atoms with Crippen LogP contribution in [0, 0.1) is 11.3 Å². The maximum atomic E-state index is 11.8. The van der Waals surface area contributed by atoms with E-state index in [-0.39, 0.29) is 0 Å². The first-order chi connectivity index (χ1) is 9.07. The molecule has 0 aliphatic heterocycles. The quantitative estimate of drug-likeness (QED) is 0.912. The fourth-order valence-electron chi connectivity index (χ4n) is 2.37. The van der Waals surface area contributed by atoms with Gasteiger partial charge in [0.05, 0.1) is 18.9 Å². The van der Waals surface area contributed by atoms with Crippen molar-refractivity contribution in [3.8, 4) is 11.8 Å². The zero-order chi connectivity index (χ0) is 13.9. The maximum Gasteiger partial charge on any atom is 0.246 e. The van der Waals surface area contributed by atoms with Crippen LogP contribution in [0.4, 0.5) is 5.69 Å². The van der Waals surface area contributed by atoms with Crippen LogP contribution in [-0.2, 0) is 22.9 Å². The number of hydrogen-bond acceptors (Lipinski definition) is 4. The highest BCUT2D eigenvalue weighted by molar-refractivity contribution is 7.92. The lowest BCUT2D eigenvalue weighted by molar-refractivity contribution is 0.416. The van der Waals surface area contributed by atoms with Crippen LogP contribution in [0.1, 0.15) is 24.0 Å². The molecule has 0 heterocycles. The Labute approximate surface area is 113 Å². The molecule has 1 aliphatic carbocycles. The second-order valence-electron chi connectivity index (χ2n) is 4.51. The first-order valence-electron chi connectivity index (χ1n) is 6.13. The molecule has 0 amide bonds. The molecule has 0 saturated carbocycles. The summed E-state index contributed by atoms with van der Waals surface area (Å²) in [6, 6.07) is 5.41. The normalized spacial score (nSPS) is 14.3. The Morgan fingerprint density at radius 3 is 2.79 bits per heavy atom. The standard InChI is InChI=1S/C13H16N2O3S/c1-18-12-7-6-10-4-2-3-5-11(10)13(12)15-19(16,17)9-8-14/h6-7,15H,2-5,9H2,1H3. The van der Waals surface area contributed by atoms with Gasteiger partial charge in [-0.2, -0.15) is 5.26 Å². The molecule has 0 unspecified atom stereocenters. The third kappa shape index (κ3) is 2.99. The van der Waals surface area contributed by atoms with Gasteiger partial charge in [-0.15, -0.1) is 0 Å². The molecule has 1 aromatic rings. The van der Waals surface area contributed by atoms with E-state index in [4.69, 9.17) is 10.00 Å². The van der Waals surface area contributed by atoms with Gasteiger partial charge in [0.15, 0.2) is 5.75 Å². The van der Waals surface area contributed by atoms with Crippen LogP contribution in [0.5, 0.6) is 5.75 Å². The molecule has 0 radical (unpaired) electrons. The van der Waals surface area contributed by atoms with E-state index in [0.29, 0.717) is 11.4 Å². The average molecular weight is 280 g/mol. The first kappa shape index (κ1) is 13.7. The molecular weight excluding hydrogens is 264 g/mol. The van der Waals surface area contributed by atoms with Gasteiger partial charge >= 0.3 is 0 Å². The van der Waals surface area contributed by atoms with Crippen molar-refractivity contribution in [3.63, 3.8) is 0 Å². The summed E-state index contributed by atoms with van der Waals surface area (Å²) in [5.41, 5.74) is 2.64. The zero-order valence-corrected chi connectivity index (χ0v) is 11.6. The van der Waals surface area contributed by atoms with Crippen molar-refractivity contribution >= 4 is 15.7 Å². The van der Waals surface area contributed by atoms with Crippen LogP contribution >= 0.6 is 0 Å². The molecule has 0 aromatic heterocycles. The molecule has 19 heavy (non-hydrogen) atoms. The summed E-state index contributed by atoms with van der Waals surface area (Å²) >= 11 is 0. The van der Waals surface area contributed by atoms with Crippen molar-refractivity contribution in [1.29, 1.82) is 5.26 Å². The smallest absolute Gasteiger partial charge is 0.246 e. The Balaban J connectivity index is 2.45. The number of hydrogen-bond donors (Lipinski definition) is 1. The molecule has 1 N–H and O–H groups in total. The van der Waals surface area contributed by atoms with Crippen LogP contribution in [0.25, 0.3) is 0 Å². The molecule has 5 nitrogen and oxygen atoms in total. The predicted octanol–water partition coefficient (Wildman–Crippen LogP) is 1.84. The van der Waals surface area contributed by atoms with Crippen LogP contribution in [0.15, 0.2) is 12.1 Å². The number of fused-ring (bicyclic) bond motifs is 1. The number of methoxy groups -OCH3 is 1. The molecule has 0 bridgehead atoms. The summed E-state index contributed by atoms with van der Waals surface area (Å²) in [4.78, 5) is 0. The van der Waals surface area contributed by atoms with Crippen molar-refractivity contribution < 1.29 is 13.2 Å². The summed E-state index contributed by atoms with van der Waals surface area (Å²) in [7, 11) is -2.14. The lowest BCUT2D eigenvalue weighted by atomic mass is 9.90. The Kier molecular flexibility index (Phi) is 3.96. The van der Waals surface area contributed by atoms with Crippen molar-refractivity contribution in [2.75, 3.05) is 17.6 Å². The van der Waals surface area contributed by atoms with E-state index in [0.717, 1.165) is 36.8 Å². The fraction of sp³-hybridized carbons (Fsp3) is 0.462. The largest absolute Gasteiger partial charge is 0.495 e. The minimum Gasteiger partial charge on any atom is -0.495 e. The molecule has 102 valence electrons. The average Bonchev–Trinajstić information content (AvgIpc) is 2.38. The van der Waals surface area contributed by atoms with Gasteiger partial charge in [0.2, 0.25) is 10.0 Å². The number of nitriles is 1. The van der Waals surface area contributed by atoms with Gasteiger partial charge in [-0.3, -0.25) is 4.72 Å². The van der Waals surface area contributed by atoms with E-state index in [2.05, 4.69) is 4.72 Å². The van der Waals surface area contributed by atoms with Crippen LogP contribution in [-0.4, -0.2) is 21.3 Å². The van der Waals surface area contributed by atoms with E-state index >= 15 is 0 Å². The maximum absolute atomic E-state index is 11.8. The molecule has 1 aliphatic rings. The summed E-state index contributed by atoms with van der Waals surface area (Å²) in [5.74, 6) is -0.0537. The molecular formula is C13H16N2O3S. The van der Waals surface area contributed by atoms with E-state index in [1.807, 2.05) is 6.07 Å². The van der Waals surface area contributed by atoms with E-state index in [9.17, 15) is 8.42 Å². The number of benzene rings is 1. The Morgan fingerprint density at radius 2 is 2.11 bits per heavy atom. The molecule has 0 fully saturated rings. The molecule has 2 rings (SSSR count). The third-order valence-corrected chi connectivity index (χ3v) is 4.25. The molecule has 0 spiro atoms. The van der Waals surface area contributed by atoms with Gasteiger partial charge in [0.25, 0.3) is 0 Å². The van der Waals surface area contributed by atoms with Crippen LogP contribution in [0.3, 0.4) is 0 Å². The highest BCUT2D eigenvalue weighted by Gasteiger charge is 2.21. The zero-order valence-electron chi connectivity index (χ0n) is 10.8. The second kappa shape index (κ2) is 5.49. The second-order valence-corrected chi connectivity index (χ2v) is 6.23. The Bertz CT molecular complexity index is 618. The van der Waals surface area contributed by atoms with Gasteiger partial charge in [-0.25, -0.2) is 8.42 Å². The highest BCUT2D eigenvalue weighted by atomic mass is 32.2. The summed E-state index contributed by atoms with van der Waals surface area (Å²) in [6.45, 7) is 0. The predicted molar refractivity (Wildman–Crippen MR) is 72.7 cm³/mol. The summed E-state index contributed by atoms with van der Waals surface area (Å²) < 4.78 is 31.2. The number of ether oxygens (including phenoxy) is 1.